The van der Waals surface area contributed by atoms with Crippen LogP contribution in [0.15, 0.2) is 24.3 Å². The molecule has 17 heavy (non-hydrogen) atoms. The summed E-state index contributed by atoms with van der Waals surface area (Å²) in [5.74, 6) is 1.02. The number of phenolic OH excluding ortho intramolecular Hbond substituents is 1. The molecule has 3 N–H and O–H groups in total. The number of hydrogen-bond donors (Lipinski definition) is 2. The molecule has 0 saturated carbocycles. The van der Waals surface area contributed by atoms with Crippen LogP contribution in [0, 0.1) is 0 Å². The van der Waals surface area contributed by atoms with Crippen LogP contribution in [0.2, 0.25) is 0 Å². The molecule has 0 unspecified atom stereocenters. The summed E-state index contributed by atoms with van der Waals surface area (Å²) in [7, 11) is 0. The van der Waals surface area contributed by atoms with Gasteiger partial charge in [-0.25, -0.2) is 4.68 Å². The van der Waals surface area contributed by atoms with Gasteiger partial charge in [-0.3, -0.25) is 0 Å². The molecule has 0 spiro atoms. The smallest absolute Gasteiger partial charge is 0.169 e. The van der Waals surface area contributed by atoms with Crippen molar-refractivity contribution in [1.82, 2.24) is 15.0 Å². The summed E-state index contributed by atoms with van der Waals surface area (Å²) in [6.07, 6.45) is 0. The van der Waals surface area contributed by atoms with Gasteiger partial charge < -0.3 is 10.8 Å². The summed E-state index contributed by atoms with van der Waals surface area (Å²) in [6.45, 7) is 4.72. The molecule has 0 atom stereocenters. The average molecular weight is 232 g/mol. The average Bonchev–Trinajstić information content (AvgIpc) is 2.63. The van der Waals surface area contributed by atoms with Crippen molar-refractivity contribution in [1.29, 1.82) is 0 Å². The first kappa shape index (κ1) is 11.4. The molecular formula is C12H16N4O. The van der Waals surface area contributed by atoms with Gasteiger partial charge in [0.2, 0.25) is 0 Å². The van der Waals surface area contributed by atoms with Crippen molar-refractivity contribution in [3.63, 3.8) is 0 Å². The highest BCUT2D eigenvalue weighted by atomic mass is 16.3. The van der Waals surface area contributed by atoms with Crippen LogP contribution in [0.25, 0.3) is 0 Å². The molecule has 1 heterocycles. The minimum absolute atomic E-state index is 0.260. The van der Waals surface area contributed by atoms with E-state index in [1.54, 1.807) is 16.8 Å². The molecule has 0 aliphatic rings. The summed E-state index contributed by atoms with van der Waals surface area (Å²) >= 11 is 0. The third kappa shape index (κ3) is 2.38. The van der Waals surface area contributed by atoms with Gasteiger partial charge in [-0.15, -0.1) is 5.10 Å². The number of nitrogen functional groups attached to an aromatic ring is 1. The molecule has 0 bridgehead atoms. The summed E-state index contributed by atoms with van der Waals surface area (Å²) in [5, 5.41) is 17.1. The lowest BCUT2D eigenvalue weighted by Crippen LogP contribution is -2.08. The van der Waals surface area contributed by atoms with Crippen LogP contribution in [0.1, 0.15) is 31.0 Å². The monoisotopic (exact) mass is 232 g/mol. The second-order valence-electron chi connectivity index (χ2n) is 4.34. The Balaban J connectivity index is 2.27. The Morgan fingerprint density at radius 1 is 1.29 bits per heavy atom. The maximum atomic E-state index is 9.21. The zero-order chi connectivity index (χ0) is 12.4. The Labute approximate surface area is 99.9 Å². The van der Waals surface area contributed by atoms with Crippen LogP contribution in [-0.2, 0) is 6.54 Å². The minimum Gasteiger partial charge on any atom is -0.508 e. The predicted molar refractivity (Wildman–Crippen MR) is 65.7 cm³/mol. The van der Waals surface area contributed by atoms with Gasteiger partial charge in [0.1, 0.15) is 5.75 Å². The van der Waals surface area contributed by atoms with Gasteiger partial charge in [0, 0.05) is 0 Å². The summed E-state index contributed by atoms with van der Waals surface area (Å²) < 4.78 is 1.80. The maximum absolute atomic E-state index is 9.21. The largest absolute Gasteiger partial charge is 0.508 e. The number of nitrogens with two attached hydrogens (primary N) is 1. The quantitative estimate of drug-likeness (QED) is 0.845. The van der Waals surface area contributed by atoms with E-state index in [0.717, 1.165) is 11.3 Å². The fourth-order valence-electron chi connectivity index (χ4n) is 1.82. The lowest BCUT2D eigenvalue weighted by Gasteiger charge is -2.09. The maximum Gasteiger partial charge on any atom is 0.169 e. The van der Waals surface area contributed by atoms with Gasteiger partial charge in [-0.1, -0.05) is 31.2 Å². The van der Waals surface area contributed by atoms with Crippen molar-refractivity contribution < 1.29 is 5.11 Å². The minimum atomic E-state index is 0.260. The van der Waals surface area contributed by atoms with E-state index in [1.165, 1.54) is 0 Å². The number of benzene rings is 1. The lowest BCUT2D eigenvalue weighted by atomic mass is 10.1. The molecule has 90 valence electrons. The number of phenols is 1. The molecular weight excluding hydrogens is 216 g/mol. The van der Waals surface area contributed by atoms with Crippen LogP contribution < -0.4 is 5.73 Å². The van der Waals surface area contributed by atoms with Gasteiger partial charge in [0.15, 0.2) is 5.82 Å². The Hall–Kier alpha value is -2.04. The number of nitrogens with zero attached hydrogens (tertiary/aromatic N) is 3. The molecule has 0 radical (unpaired) electrons. The molecule has 1 aromatic heterocycles. The van der Waals surface area contributed by atoms with Crippen LogP contribution in [0.4, 0.5) is 5.82 Å². The van der Waals surface area contributed by atoms with E-state index in [-0.39, 0.29) is 11.7 Å². The van der Waals surface area contributed by atoms with Crippen molar-refractivity contribution in [3.05, 3.63) is 35.5 Å². The summed E-state index contributed by atoms with van der Waals surface area (Å²) in [4.78, 5) is 0. The predicted octanol–water partition coefficient (Wildman–Crippen LogP) is 1.74. The van der Waals surface area contributed by atoms with Gasteiger partial charge in [-0.2, -0.15) is 0 Å². The topological polar surface area (TPSA) is 77.0 Å². The third-order valence-electron chi connectivity index (χ3n) is 2.62. The molecule has 0 aliphatic carbocycles. The highest BCUT2D eigenvalue weighted by molar-refractivity contribution is 5.36. The van der Waals surface area contributed by atoms with Gasteiger partial charge in [0.25, 0.3) is 0 Å². The van der Waals surface area contributed by atoms with Crippen molar-refractivity contribution in [2.75, 3.05) is 5.73 Å². The van der Waals surface area contributed by atoms with E-state index in [0.29, 0.717) is 12.4 Å². The van der Waals surface area contributed by atoms with Crippen molar-refractivity contribution in [2.45, 2.75) is 26.3 Å². The molecule has 0 amide bonds. The lowest BCUT2D eigenvalue weighted by molar-refractivity contribution is 0.475. The molecule has 2 rings (SSSR count). The van der Waals surface area contributed by atoms with Crippen molar-refractivity contribution in [2.24, 2.45) is 0 Å². The molecule has 0 fully saturated rings. The third-order valence-corrected chi connectivity index (χ3v) is 2.62. The summed E-state index contributed by atoms with van der Waals surface area (Å²) in [6, 6.07) is 7.03. The van der Waals surface area contributed by atoms with E-state index in [4.69, 9.17) is 5.73 Å². The van der Waals surface area contributed by atoms with Crippen molar-refractivity contribution >= 4 is 5.82 Å². The van der Waals surface area contributed by atoms with Gasteiger partial charge in [0.05, 0.1) is 12.2 Å². The highest BCUT2D eigenvalue weighted by Crippen LogP contribution is 2.20. The van der Waals surface area contributed by atoms with E-state index >= 15 is 0 Å². The number of hydrogen-bond acceptors (Lipinski definition) is 4. The molecule has 1 aromatic carbocycles. The second-order valence-corrected chi connectivity index (χ2v) is 4.34. The molecule has 5 heteroatoms. The molecule has 0 aliphatic heterocycles. The first-order valence-electron chi connectivity index (χ1n) is 5.54. The van der Waals surface area contributed by atoms with E-state index in [1.807, 2.05) is 12.1 Å². The SMILES string of the molecule is CC(C)c1c(N)nnn1Cc1ccc(O)cc1. The standard InChI is InChI=1S/C12H16N4O/c1-8(2)11-12(13)14-15-16(11)7-9-3-5-10(17)6-4-9/h3-6,8,17H,7,13H2,1-2H3. The second kappa shape index (κ2) is 4.45. The Kier molecular flexibility index (Phi) is 2.99. The number of anilines is 1. The van der Waals surface area contributed by atoms with Gasteiger partial charge in [-0.05, 0) is 23.6 Å². The molecule has 0 saturated heterocycles. The highest BCUT2D eigenvalue weighted by Gasteiger charge is 2.13. The van der Waals surface area contributed by atoms with Crippen LogP contribution >= 0.6 is 0 Å². The fraction of sp³-hybridized carbons (Fsp3) is 0.333. The van der Waals surface area contributed by atoms with E-state index < -0.39 is 0 Å². The molecule has 5 nitrogen and oxygen atoms in total. The first-order valence-corrected chi connectivity index (χ1v) is 5.54. The summed E-state index contributed by atoms with van der Waals surface area (Å²) in [5.41, 5.74) is 7.78. The number of rotatable bonds is 3. The normalized spacial score (nSPS) is 11.0. The number of aromatic nitrogens is 3. The van der Waals surface area contributed by atoms with Gasteiger partial charge >= 0.3 is 0 Å². The van der Waals surface area contributed by atoms with Crippen LogP contribution in [0.3, 0.4) is 0 Å². The Bertz CT molecular complexity index is 502. The Morgan fingerprint density at radius 2 is 1.94 bits per heavy atom. The molecule has 2 aromatic rings. The van der Waals surface area contributed by atoms with E-state index in [2.05, 4.69) is 24.2 Å². The number of aromatic hydroxyl groups is 1. The first-order chi connectivity index (χ1) is 8.08. The fourth-order valence-corrected chi connectivity index (χ4v) is 1.82. The van der Waals surface area contributed by atoms with E-state index in [9.17, 15) is 5.11 Å². The zero-order valence-corrected chi connectivity index (χ0v) is 9.96. The van der Waals surface area contributed by atoms with Crippen molar-refractivity contribution in [3.8, 4) is 5.75 Å². The zero-order valence-electron chi connectivity index (χ0n) is 9.96. The van der Waals surface area contributed by atoms with Crippen LogP contribution in [-0.4, -0.2) is 20.1 Å². The Morgan fingerprint density at radius 3 is 2.53 bits per heavy atom. The van der Waals surface area contributed by atoms with Crippen LogP contribution in [0.5, 0.6) is 5.75 Å².